The Hall–Kier alpha value is -3.49. The number of ether oxygens (including phenoxy) is 1. The predicted octanol–water partition coefficient (Wildman–Crippen LogP) is 5.51. The summed E-state index contributed by atoms with van der Waals surface area (Å²) >= 11 is 3.04. The lowest BCUT2D eigenvalue weighted by Gasteiger charge is -2.12. The smallest absolute Gasteiger partial charge is 0.267 e. The highest BCUT2D eigenvalue weighted by Crippen LogP contribution is 2.33. The van der Waals surface area contributed by atoms with Crippen molar-refractivity contribution in [2.75, 3.05) is 7.11 Å². The van der Waals surface area contributed by atoms with E-state index in [2.05, 4.69) is 4.98 Å². The fraction of sp³-hybridized carbons (Fsp3) is 0.120. The van der Waals surface area contributed by atoms with Gasteiger partial charge in [0.2, 0.25) is 0 Å². The molecule has 2 aromatic carbocycles. The van der Waals surface area contributed by atoms with Crippen LogP contribution in [0.4, 0.5) is 0 Å². The Morgan fingerprint density at radius 2 is 1.85 bits per heavy atom. The number of hydrogen-bond donors (Lipinski definition) is 0. The molecule has 3 aromatic heterocycles. The molecule has 0 fully saturated rings. The molecule has 8 heteroatoms. The quantitative estimate of drug-likeness (QED) is 0.240. The van der Waals surface area contributed by atoms with Crippen LogP contribution in [0.25, 0.3) is 27.3 Å². The molecule has 0 saturated carbocycles. The molecular weight excluding hydrogens is 452 g/mol. The fourth-order valence-corrected chi connectivity index (χ4v) is 5.31. The molecule has 6 nitrogen and oxygen atoms in total. The molecule has 0 saturated heterocycles. The largest absolute Gasteiger partial charge is 0.496 e. The number of para-hydroxylation sites is 2. The third-order valence-corrected chi connectivity index (χ3v) is 7.00. The number of fused-ring (bicyclic) bond motifs is 1. The summed E-state index contributed by atoms with van der Waals surface area (Å²) in [6.45, 7) is 1.97. The molecule has 33 heavy (non-hydrogen) atoms. The molecule has 0 bridgehead atoms. The highest BCUT2D eigenvalue weighted by atomic mass is 32.2. The van der Waals surface area contributed by atoms with Crippen molar-refractivity contribution in [3.8, 4) is 22.1 Å². The number of benzene rings is 2. The Morgan fingerprint density at radius 3 is 2.67 bits per heavy atom. The molecule has 164 valence electrons. The van der Waals surface area contributed by atoms with Crippen molar-refractivity contribution < 1.29 is 4.74 Å². The summed E-state index contributed by atoms with van der Waals surface area (Å²) in [6, 6.07) is 19.0. The molecule has 5 rings (SSSR count). The molecule has 3 heterocycles. The van der Waals surface area contributed by atoms with Gasteiger partial charge in [-0.2, -0.15) is 0 Å². The van der Waals surface area contributed by atoms with E-state index in [1.54, 1.807) is 35.3 Å². The number of aromatic nitrogens is 4. The zero-order chi connectivity index (χ0) is 22.8. The van der Waals surface area contributed by atoms with E-state index in [1.807, 2.05) is 66.9 Å². The van der Waals surface area contributed by atoms with E-state index in [9.17, 15) is 4.79 Å². The molecule has 0 aliphatic carbocycles. The highest BCUT2D eigenvalue weighted by molar-refractivity contribution is 7.98. The van der Waals surface area contributed by atoms with Crippen molar-refractivity contribution in [2.45, 2.75) is 17.8 Å². The van der Waals surface area contributed by atoms with E-state index >= 15 is 0 Å². The minimum Gasteiger partial charge on any atom is -0.496 e. The van der Waals surface area contributed by atoms with Crippen LogP contribution < -0.4 is 10.3 Å². The van der Waals surface area contributed by atoms with Crippen molar-refractivity contribution in [3.63, 3.8) is 0 Å². The lowest BCUT2D eigenvalue weighted by atomic mass is 10.2. The Balaban J connectivity index is 1.51. The number of pyridine rings is 1. The van der Waals surface area contributed by atoms with Gasteiger partial charge in [0.05, 0.1) is 29.3 Å². The van der Waals surface area contributed by atoms with Gasteiger partial charge in [-0.15, -0.1) is 11.3 Å². The van der Waals surface area contributed by atoms with Crippen LogP contribution in [0.1, 0.15) is 11.3 Å². The normalized spacial score (nSPS) is 11.1. The Morgan fingerprint density at radius 1 is 1.03 bits per heavy atom. The van der Waals surface area contributed by atoms with Crippen LogP contribution in [0.5, 0.6) is 5.75 Å². The van der Waals surface area contributed by atoms with Gasteiger partial charge in [-0.1, -0.05) is 42.1 Å². The molecule has 0 amide bonds. The maximum absolute atomic E-state index is 13.3. The van der Waals surface area contributed by atoms with E-state index in [1.165, 1.54) is 11.8 Å². The second-order valence-electron chi connectivity index (χ2n) is 7.38. The molecule has 0 aliphatic rings. The third-order valence-electron chi connectivity index (χ3n) is 5.11. The van der Waals surface area contributed by atoms with Crippen LogP contribution in [0.3, 0.4) is 0 Å². The maximum Gasteiger partial charge on any atom is 0.267 e. The van der Waals surface area contributed by atoms with E-state index in [-0.39, 0.29) is 5.56 Å². The van der Waals surface area contributed by atoms with Crippen LogP contribution in [-0.4, -0.2) is 26.6 Å². The van der Waals surface area contributed by atoms with Crippen LogP contribution in [0.15, 0.2) is 82.2 Å². The first-order chi connectivity index (χ1) is 16.1. The summed E-state index contributed by atoms with van der Waals surface area (Å²) in [5.41, 5.74) is 3.44. The van der Waals surface area contributed by atoms with Crippen LogP contribution in [0.2, 0.25) is 0 Å². The van der Waals surface area contributed by atoms with E-state index in [0.717, 1.165) is 27.6 Å². The SMILES string of the molecule is COc1ccccc1-c1nc(CSc2nc3ccccc3c(=O)n2-c2ccc(C)cn2)cs1. The number of thiazole rings is 1. The average Bonchev–Trinajstić information content (AvgIpc) is 3.32. The first kappa shape index (κ1) is 21.4. The van der Waals surface area contributed by atoms with Gasteiger partial charge in [0.1, 0.15) is 16.6 Å². The first-order valence-electron chi connectivity index (χ1n) is 10.3. The molecule has 0 N–H and O–H groups in total. The number of thioether (sulfide) groups is 1. The monoisotopic (exact) mass is 472 g/mol. The third kappa shape index (κ3) is 4.27. The van der Waals surface area contributed by atoms with Crippen molar-refractivity contribution in [2.24, 2.45) is 0 Å². The standard InChI is InChI=1S/C25H20N4O2S2/c1-16-11-12-22(26-13-16)29-24(30)18-7-3-5-9-20(18)28-25(29)33-15-17-14-32-23(27-17)19-8-4-6-10-21(19)31-2/h3-14H,15H2,1-2H3. The summed E-state index contributed by atoms with van der Waals surface area (Å²) < 4.78 is 7.06. The molecule has 0 atom stereocenters. The first-order valence-corrected chi connectivity index (χ1v) is 12.2. The van der Waals surface area contributed by atoms with E-state index in [0.29, 0.717) is 27.6 Å². The second kappa shape index (κ2) is 9.17. The lowest BCUT2D eigenvalue weighted by molar-refractivity contribution is 0.416. The van der Waals surface area contributed by atoms with Gasteiger partial charge >= 0.3 is 0 Å². The Labute approximate surface area is 199 Å². The lowest BCUT2D eigenvalue weighted by Crippen LogP contribution is -2.22. The molecular formula is C25H20N4O2S2. The summed E-state index contributed by atoms with van der Waals surface area (Å²) in [5, 5.41) is 4.08. The van der Waals surface area contributed by atoms with Crippen LogP contribution in [-0.2, 0) is 5.75 Å². The number of hydrogen-bond acceptors (Lipinski definition) is 7. The minimum atomic E-state index is -0.132. The summed E-state index contributed by atoms with van der Waals surface area (Å²) in [7, 11) is 1.66. The number of aryl methyl sites for hydroxylation is 1. The molecule has 0 unspecified atom stereocenters. The van der Waals surface area contributed by atoms with Crippen LogP contribution in [0, 0.1) is 6.92 Å². The maximum atomic E-state index is 13.3. The van der Waals surface area contributed by atoms with Gasteiger partial charge in [0, 0.05) is 17.3 Å². The topological polar surface area (TPSA) is 69.9 Å². The zero-order valence-electron chi connectivity index (χ0n) is 18.1. The molecule has 0 aliphatic heterocycles. The Bertz CT molecular complexity index is 1490. The average molecular weight is 473 g/mol. The summed E-state index contributed by atoms with van der Waals surface area (Å²) in [4.78, 5) is 27.4. The van der Waals surface area contributed by atoms with Crippen molar-refractivity contribution in [1.82, 2.24) is 19.5 Å². The van der Waals surface area contributed by atoms with Crippen molar-refractivity contribution in [3.05, 3.63) is 93.9 Å². The van der Waals surface area contributed by atoms with Crippen molar-refractivity contribution in [1.29, 1.82) is 0 Å². The second-order valence-corrected chi connectivity index (χ2v) is 9.18. The van der Waals surface area contributed by atoms with E-state index < -0.39 is 0 Å². The molecule has 0 radical (unpaired) electrons. The van der Waals surface area contributed by atoms with Gasteiger partial charge in [-0.25, -0.2) is 19.5 Å². The van der Waals surface area contributed by atoms with Gasteiger partial charge in [-0.3, -0.25) is 4.79 Å². The van der Waals surface area contributed by atoms with Crippen LogP contribution >= 0.6 is 23.1 Å². The Kier molecular flexibility index (Phi) is 5.93. The number of rotatable bonds is 6. The molecule has 5 aromatic rings. The fourth-order valence-electron chi connectivity index (χ4n) is 3.46. The molecule has 0 spiro atoms. The summed E-state index contributed by atoms with van der Waals surface area (Å²) in [5.74, 6) is 1.92. The minimum absolute atomic E-state index is 0.132. The summed E-state index contributed by atoms with van der Waals surface area (Å²) in [6.07, 6.45) is 1.76. The highest BCUT2D eigenvalue weighted by Gasteiger charge is 2.16. The van der Waals surface area contributed by atoms with Gasteiger partial charge in [-0.05, 0) is 42.8 Å². The zero-order valence-corrected chi connectivity index (χ0v) is 19.7. The van der Waals surface area contributed by atoms with Gasteiger partial charge in [0.15, 0.2) is 5.16 Å². The van der Waals surface area contributed by atoms with Crippen molar-refractivity contribution >= 4 is 34.0 Å². The van der Waals surface area contributed by atoms with Gasteiger partial charge < -0.3 is 4.74 Å². The number of nitrogens with zero attached hydrogens (tertiary/aromatic N) is 4. The van der Waals surface area contributed by atoms with Gasteiger partial charge in [0.25, 0.3) is 5.56 Å². The number of methoxy groups -OCH3 is 1. The predicted molar refractivity (Wildman–Crippen MR) is 134 cm³/mol. The van der Waals surface area contributed by atoms with E-state index in [4.69, 9.17) is 14.7 Å².